The van der Waals surface area contributed by atoms with E-state index in [0.29, 0.717) is 0 Å². The standard InChI is InChI=1S/C19H23F2N3O3/c1-10(2)9-12-13(18(25)24-8-6-7-22-24)15(11(3)4)23-16(17(20)21)14(12)19(26)27-5/h6-8,10-11,17H,9H2,1-5H3. The van der Waals surface area contributed by atoms with Crippen molar-refractivity contribution in [2.75, 3.05) is 7.11 Å². The highest BCUT2D eigenvalue weighted by Gasteiger charge is 2.33. The second kappa shape index (κ2) is 8.37. The maximum absolute atomic E-state index is 13.7. The zero-order valence-corrected chi connectivity index (χ0v) is 16.0. The molecular formula is C19H23F2N3O3. The van der Waals surface area contributed by atoms with Gasteiger partial charge in [-0.2, -0.15) is 5.10 Å². The van der Waals surface area contributed by atoms with Gasteiger partial charge in [0.1, 0.15) is 5.69 Å². The van der Waals surface area contributed by atoms with Gasteiger partial charge in [-0.1, -0.05) is 27.7 Å². The second-order valence-electron chi connectivity index (χ2n) is 6.91. The van der Waals surface area contributed by atoms with Gasteiger partial charge in [0, 0.05) is 12.4 Å². The summed E-state index contributed by atoms with van der Waals surface area (Å²) in [4.78, 5) is 29.5. The van der Waals surface area contributed by atoms with Crippen LogP contribution in [0.4, 0.5) is 8.78 Å². The number of esters is 1. The van der Waals surface area contributed by atoms with E-state index in [9.17, 15) is 18.4 Å². The van der Waals surface area contributed by atoms with Crippen molar-refractivity contribution in [2.45, 2.75) is 46.5 Å². The van der Waals surface area contributed by atoms with Gasteiger partial charge in [-0.25, -0.2) is 23.2 Å². The first kappa shape index (κ1) is 20.7. The third-order valence-electron chi connectivity index (χ3n) is 4.04. The molecule has 8 heteroatoms. The molecular weight excluding hydrogens is 356 g/mol. The summed E-state index contributed by atoms with van der Waals surface area (Å²) in [5.74, 6) is -1.75. The SMILES string of the molecule is COC(=O)c1c(C(F)F)nc(C(C)C)c(C(=O)n2cccn2)c1CC(C)C. The summed E-state index contributed by atoms with van der Waals surface area (Å²) < 4.78 is 33.3. The largest absolute Gasteiger partial charge is 0.465 e. The van der Waals surface area contributed by atoms with Gasteiger partial charge in [0.25, 0.3) is 12.3 Å². The summed E-state index contributed by atoms with van der Waals surface area (Å²) >= 11 is 0. The zero-order valence-electron chi connectivity index (χ0n) is 16.0. The van der Waals surface area contributed by atoms with E-state index >= 15 is 0 Å². The number of ether oxygens (including phenoxy) is 1. The molecule has 0 atom stereocenters. The number of carbonyl (C=O) groups is 2. The number of pyridine rings is 1. The topological polar surface area (TPSA) is 74.1 Å². The van der Waals surface area contributed by atoms with Crippen molar-refractivity contribution in [3.8, 4) is 0 Å². The predicted molar refractivity (Wildman–Crippen MR) is 95.1 cm³/mol. The van der Waals surface area contributed by atoms with E-state index in [-0.39, 0.29) is 40.6 Å². The molecule has 27 heavy (non-hydrogen) atoms. The number of hydrogen-bond donors (Lipinski definition) is 0. The first-order chi connectivity index (χ1) is 12.7. The van der Waals surface area contributed by atoms with Crippen LogP contribution in [0.1, 0.15) is 77.7 Å². The maximum Gasteiger partial charge on any atom is 0.340 e. The van der Waals surface area contributed by atoms with E-state index < -0.39 is 24.0 Å². The van der Waals surface area contributed by atoms with Crippen LogP contribution in [0.2, 0.25) is 0 Å². The smallest absolute Gasteiger partial charge is 0.340 e. The van der Waals surface area contributed by atoms with E-state index in [2.05, 4.69) is 10.1 Å². The molecule has 146 valence electrons. The van der Waals surface area contributed by atoms with Crippen molar-refractivity contribution in [1.82, 2.24) is 14.8 Å². The molecule has 0 saturated carbocycles. The molecule has 0 aliphatic heterocycles. The molecule has 0 aromatic carbocycles. The Hall–Kier alpha value is -2.64. The number of carbonyl (C=O) groups excluding carboxylic acids is 2. The third kappa shape index (κ3) is 4.20. The van der Waals surface area contributed by atoms with Crippen LogP contribution in [0.3, 0.4) is 0 Å². The number of alkyl halides is 2. The molecule has 0 aliphatic carbocycles. The lowest BCUT2D eigenvalue weighted by Crippen LogP contribution is -2.25. The molecule has 0 bridgehead atoms. The van der Waals surface area contributed by atoms with Crippen molar-refractivity contribution >= 4 is 11.9 Å². The molecule has 2 rings (SSSR count). The summed E-state index contributed by atoms with van der Waals surface area (Å²) in [5.41, 5.74) is -0.410. The van der Waals surface area contributed by atoms with Crippen molar-refractivity contribution in [2.24, 2.45) is 5.92 Å². The number of aromatic nitrogens is 3. The van der Waals surface area contributed by atoms with Gasteiger partial charge in [-0.15, -0.1) is 0 Å². The van der Waals surface area contributed by atoms with Crippen LogP contribution in [-0.2, 0) is 11.2 Å². The van der Waals surface area contributed by atoms with Gasteiger partial charge < -0.3 is 4.74 Å². The minimum Gasteiger partial charge on any atom is -0.465 e. The summed E-state index contributed by atoms with van der Waals surface area (Å²) in [5, 5.41) is 3.94. The van der Waals surface area contributed by atoms with E-state index in [1.54, 1.807) is 19.9 Å². The molecule has 0 fully saturated rings. The quantitative estimate of drug-likeness (QED) is 0.709. The van der Waals surface area contributed by atoms with Crippen molar-refractivity contribution in [1.29, 1.82) is 0 Å². The van der Waals surface area contributed by atoms with E-state index in [1.165, 1.54) is 12.4 Å². The third-order valence-corrected chi connectivity index (χ3v) is 4.04. The highest BCUT2D eigenvalue weighted by molar-refractivity contribution is 6.02. The predicted octanol–water partition coefficient (Wildman–Crippen LogP) is 4.01. The monoisotopic (exact) mass is 379 g/mol. The highest BCUT2D eigenvalue weighted by atomic mass is 19.3. The Morgan fingerprint density at radius 3 is 2.26 bits per heavy atom. The molecule has 2 aromatic heterocycles. The fraction of sp³-hybridized carbons (Fsp3) is 0.474. The van der Waals surface area contributed by atoms with Gasteiger partial charge in [-0.05, 0) is 29.9 Å². The summed E-state index contributed by atoms with van der Waals surface area (Å²) in [6.45, 7) is 7.27. The first-order valence-electron chi connectivity index (χ1n) is 8.66. The molecule has 6 nitrogen and oxygen atoms in total. The molecule has 0 saturated heterocycles. The first-order valence-corrected chi connectivity index (χ1v) is 8.66. The molecule has 0 N–H and O–H groups in total. The lowest BCUT2D eigenvalue weighted by atomic mass is 9.88. The molecule has 0 amide bonds. The van der Waals surface area contributed by atoms with Crippen LogP contribution in [0, 0.1) is 5.92 Å². The van der Waals surface area contributed by atoms with Crippen LogP contribution in [-0.4, -0.2) is 33.8 Å². The van der Waals surface area contributed by atoms with Crippen LogP contribution < -0.4 is 0 Å². The van der Waals surface area contributed by atoms with Crippen LogP contribution in [0.25, 0.3) is 0 Å². The fourth-order valence-corrected chi connectivity index (χ4v) is 2.94. The molecule has 0 aliphatic rings. The Morgan fingerprint density at radius 1 is 1.15 bits per heavy atom. The van der Waals surface area contributed by atoms with Crippen LogP contribution >= 0.6 is 0 Å². The molecule has 2 aromatic rings. The lowest BCUT2D eigenvalue weighted by Gasteiger charge is -2.22. The highest BCUT2D eigenvalue weighted by Crippen LogP contribution is 2.33. The van der Waals surface area contributed by atoms with Gasteiger partial charge in [0.2, 0.25) is 0 Å². The number of rotatable bonds is 6. The summed E-state index contributed by atoms with van der Waals surface area (Å²) in [7, 11) is 1.11. The Balaban J connectivity index is 2.93. The van der Waals surface area contributed by atoms with E-state index in [1.807, 2.05) is 13.8 Å². The summed E-state index contributed by atoms with van der Waals surface area (Å²) in [6.07, 6.45) is 0.174. The van der Waals surface area contributed by atoms with Gasteiger partial charge in [0.15, 0.2) is 0 Å². The van der Waals surface area contributed by atoms with Gasteiger partial charge in [-0.3, -0.25) is 4.79 Å². The molecule has 0 radical (unpaired) electrons. The molecule has 2 heterocycles. The van der Waals surface area contributed by atoms with Gasteiger partial charge in [0.05, 0.1) is 23.9 Å². The fourth-order valence-electron chi connectivity index (χ4n) is 2.94. The molecule has 0 spiro atoms. The normalized spacial score (nSPS) is 11.5. The number of methoxy groups -OCH3 is 1. The Labute approximate surface area is 156 Å². The minimum atomic E-state index is -2.98. The lowest BCUT2D eigenvalue weighted by molar-refractivity contribution is 0.0585. The van der Waals surface area contributed by atoms with Crippen LogP contribution in [0.15, 0.2) is 18.5 Å². The second-order valence-corrected chi connectivity index (χ2v) is 6.91. The van der Waals surface area contributed by atoms with E-state index in [4.69, 9.17) is 4.74 Å². The maximum atomic E-state index is 13.7. The number of hydrogen-bond acceptors (Lipinski definition) is 5. The zero-order chi connectivity index (χ0) is 20.3. The Morgan fingerprint density at radius 2 is 1.81 bits per heavy atom. The Bertz CT molecular complexity index is 831. The molecule has 0 unspecified atom stereocenters. The van der Waals surface area contributed by atoms with Crippen molar-refractivity contribution in [3.63, 3.8) is 0 Å². The summed E-state index contributed by atoms with van der Waals surface area (Å²) in [6, 6.07) is 1.58. The average molecular weight is 379 g/mol. The Kier molecular flexibility index (Phi) is 6.41. The number of halogens is 2. The van der Waals surface area contributed by atoms with E-state index in [0.717, 1.165) is 11.8 Å². The van der Waals surface area contributed by atoms with Crippen LogP contribution in [0.5, 0.6) is 0 Å². The van der Waals surface area contributed by atoms with Gasteiger partial charge >= 0.3 is 5.97 Å². The van der Waals surface area contributed by atoms with Crippen molar-refractivity contribution < 1.29 is 23.1 Å². The van der Waals surface area contributed by atoms with Crippen molar-refractivity contribution in [3.05, 3.63) is 46.5 Å². The minimum absolute atomic E-state index is 0.00510. The average Bonchev–Trinajstić information content (AvgIpc) is 3.13. The number of nitrogens with zero attached hydrogens (tertiary/aromatic N) is 3.